The molecule has 1 atom stereocenters. The number of hydrogen-bond acceptors (Lipinski definition) is 5. The third kappa shape index (κ3) is 3.19. The minimum absolute atomic E-state index is 0.0691. The highest BCUT2D eigenvalue weighted by atomic mass is 32.1. The third-order valence-electron chi connectivity index (χ3n) is 4.95. The molecule has 0 radical (unpaired) electrons. The maximum atomic E-state index is 12.8. The van der Waals surface area contributed by atoms with E-state index >= 15 is 0 Å². The van der Waals surface area contributed by atoms with E-state index in [9.17, 15) is 9.59 Å². The summed E-state index contributed by atoms with van der Waals surface area (Å²) in [6, 6.07) is 8.07. The molecular weight excluding hydrogens is 360 g/mol. The Morgan fingerprint density at radius 1 is 1.22 bits per heavy atom. The van der Waals surface area contributed by atoms with Crippen LogP contribution in [-0.4, -0.2) is 46.8 Å². The van der Waals surface area contributed by atoms with Gasteiger partial charge in [-0.3, -0.25) is 14.6 Å². The number of rotatable bonds is 3. The Bertz CT molecular complexity index is 1010. The van der Waals surface area contributed by atoms with Gasteiger partial charge in [-0.25, -0.2) is 4.98 Å². The summed E-state index contributed by atoms with van der Waals surface area (Å²) in [5.74, 6) is -0.0396. The zero-order valence-electron chi connectivity index (χ0n) is 15.2. The minimum atomic E-state index is -0.106. The van der Waals surface area contributed by atoms with Gasteiger partial charge in [-0.15, -0.1) is 11.3 Å². The van der Waals surface area contributed by atoms with Crippen molar-refractivity contribution in [1.29, 1.82) is 0 Å². The molecule has 27 heavy (non-hydrogen) atoms. The second-order valence-corrected chi connectivity index (χ2v) is 7.75. The van der Waals surface area contributed by atoms with E-state index in [1.807, 2.05) is 30.0 Å². The molecule has 2 aromatic heterocycles. The molecule has 3 heterocycles. The molecular formula is C20H20N4O2S. The molecule has 0 saturated carbocycles. The number of nitrogens with one attached hydrogen (secondary N) is 1. The Kier molecular flexibility index (Phi) is 4.61. The zero-order chi connectivity index (χ0) is 19.0. The monoisotopic (exact) mass is 380 g/mol. The fraction of sp³-hybridized carbons (Fsp3) is 0.300. The van der Waals surface area contributed by atoms with Crippen LogP contribution < -0.4 is 5.32 Å². The highest BCUT2D eigenvalue weighted by Crippen LogP contribution is 2.40. The first-order valence-electron chi connectivity index (χ1n) is 8.90. The lowest BCUT2D eigenvalue weighted by molar-refractivity contribution is 0.0784. The average Bonchev–Trinajstić information content (AvgIpc) is 3.32. The molecule has 7 heteroatoms. The lowest BCUT2D eigenvalue weighted by Gasteiger charge is -2.16. The number of nitrogens with zero attached hydrogens (tertiary/aromatic N) is 3. The van der Waals surface area contributed by atoms with Crippen LogP contribution in [0.2, 0.25) is 0 Å². The maximum Gasteiger partial charge on any atom is 0.274 e. The summed E-state index contributed by atoms with van der Waals surface area (Å²) in [5, 5.41) is 3.85. The van der Waals surface area contributed by atoms with Gasteiger partial charge < -0.3 is 10.2 Å². The Balaban J connectivity index is 1.64. The first kappa shape index (κ1) is 17.6. The van der Waals surface area contributed by atoms with Crippen molar-refractivity contribution in [3.8, 4) is 0 Å². The number of aromatic nitrogens is 2. The van der Waals surface area contributed by atoms with Gasteiger partial charge in [0, 0.05) is 37.0 Å². The number of likely N-dealkylation sites (tertiary alicyclic amines) is 1. The van der Waals surface area contributed by atoms with Crippen molar-refractivity contribution in [2.45, 2.75) is 19.3 Å². The fourth-order valence-electron chi connectivity index (χ4n) is 3.60. The molecule has 0 aliphatic carbocycles. The summed E-state index contributed by atoms with van der Waals surface area (Å²) in [6.07, 6.45) is 3.97. The van der Waals surface area contributed by atoms with Gasteiger partial charge in [0.1, 0.15) is 5.69 Å². The van der Waals surface area contributed by atoms with Gasteiger partial charge in [0.25, 0.3) is 11.8 Å². The summed E-state index contributed by atoms with van der Waals surface area (Å²) in [7, 11) is 1.65. The van der Waals surface area contributed by atoms with Crippen LogP contribution in [0.4, 0.5) is 0 Å². The van der Waals surface area contributed by atoms with Crippen LogP contribution in [0.1, 0.15) is 43.8 Å². The van der Waals surface area contributed by atoms with E-state index in [4.69, 9.17) is 0 Å². The molecule has 3 aromatic rings. The predicted molar refractivity (Wildman–Crippen MR) is 105 cm³/mol. The SMILES string of the molecule is CNC(=O)c1sc2ccccc2c1[C@@H]1CCN(C(=O)c2cnc(C)cn2)C1. The molecule has 0 spiro atoms. The first-order chi connectivity index (χ1) is 13.1. The zero-order valence-corrected chi connectivity index (χ0v) is 16.0. The Labute approximate surface area is 161 Å². The molecule has 1 saturated heterocycles. The number of fused-ring (bicyclic) bond motifs is 1. The number of benzene rings is 1. The Morgan fingerprint density at radius 2 is 2.04 bits per heavy atom. The molecule has 138 valence electrons. The lowest BCUT2D eigenvalue weighted by Crippen LogP contribution is -2.29. The van der Waals surface area contributed by atoms with Crippen molar-refractivity contribution in [3.05, 3.63) is 58.5 Å². The van der Waals surface area contributed by atoms with Crippen LogP contribution >= 0.6 is 11.3 Å². The van der Waals surface area contributed by atoms with E-state index in [-0.39, 0.29) is 17.7 Å². The van der Waals surface area contributed by atoms with Crippen molar-refractivity contribution < 1.29 is 9.59 Å². The topological polar surface area (TPSA) is 75.2 Å². The van der Waals surface area contributed by atoms with E-state index in [1.54, 1.807) is 13.2 Å². The highest BCUT2D eigenvalue weighted by Gasteiger charge is 2.33. The molecule has 1 N–H and O–H groups in total. The largest absolute Gasteiger partial charge is 0.354 e. The third-order valence-corrected chi connectivity index (χ3v) is 6.14. The van der Waals surface area contributed by atoms with Gasteiger partial charge in [0.2, 0.25) is 0 Å². The van der Waals surface area contributed by atoms with E-state index < -0.39 is 0 Å². The number of carbonyl (C=O) groups excluding carboxylic acids is 2. The first-order valence-corrected chi connectivity index (χ1v) is 9.71. The van der Waals surface area contributed by atoms with Gasteiger partial charge in [-0.1, -0.05) is 18.2 Å². The summed E-state index contributed by atoms with van der Waals surface area (Å²) in [5.41, 5.74) is 2.20. The molecule has 6 nitrogen and oxygen atoms in total. The molecule has 4 rings (SSSR count). The van der Waals surface area contributed by atoms with Gasteiger partial charge in [-0.05, 0) is 30.4 Å². The molecule has 1 aliphatic heterocycles. The highest BCUT2D eigenvalue weighted by molar-refractivity contribution is 7.21. The second-order valence-electron chi connectivity index (χ2n) is 6.70. The molecule has 1 aliphatic rings. The predicted octanol–water partition coefficient (Wildman–Crippen LogP) is 2.99. The van der Waals surface area contributed by atoms with E-state index in [0.29, 0.717) is 18.8 Å². The van der Waals surface area contributed by atoms with Crippen LogP contribution in [0.15, 0.2) is 36.7 Å². The smallest absolute Gasteiger partial charge is 0.274 e. The molecule has 1 fully saturated rings. The number of carbonyl (C=O) groups is 2. The van der Waals surface area contributed by atoms with Crippen LogP contribution in [0.3, 0.4) is 0 Å². The van der Waals surface area contributed by atoms with Gasteiger partial charge >= 0.3 is 0 Å². The van der Waals surface area contributed by atoms with Crippen LogP contribution in [0.5, 0.6) is 0 Å². The summed E-state index contributed by atoms with van der Waals surface area (Å²) < 4.78 is 1.10. The Hall–Kier alpha value is -2.80. The molecule has 0 bridgehead atoms. The normalized spacial score (nSPS) is 16.7. The van der Waals surface area contributed by atoms with Crippen molar-refractivity contribution in [2.24, 2.45) is 0 Å². The van der Waals surface area contributed by atoms with E-state index in [0.717, 1.165) is 32.6 Å². The van der Waals surface area contributed by atoms with Crippen molar-refractivity contribution in [1.82, 2.24) is 20.2 Å². The second kappa shape index (κ2) is 7.08. The summed E-state index contributed by atoms with van der Waals surface area (Å²) in [6.45, 7) is 3.07. The molecule has 1 aromatic carbocycles. The molecule has 0 unspecified atom stereocenters. The van der Waals surface area contributed by atoms with Crippen LogP contribution in [-0.2, 0) is 0 Å². The quantitative estimate of drug-likeness (QED) is 0.758. The van der Waals surface area contributed by atoms with Gasteiger partial charge in [0.15, 0.2) is 0 Å². The molecule has 2 amide bonds. The minimum Gasteiger partial charge on any atom is -0.354 e. The maximum absolute atomic E-state index is 12.8. The van der Waals surface area contributed by atoms with E-state index in [2.05, 4.69) is 21.4 Å². The fourth-order valence-corrected chi connectivity index (χ4v) is 4.83. The number of hydrogen-bond donors (Lipinski definition) is 1. The van der Waals surface area contributed by atoms with Crippen LogP contribution in [0, 0.1) is 6.92 Å². The van der Waals surface area contributed by atoms with Crippen molar-refractivity contribution >= 4 is 33.2 Å². The van der Waals surface area contributed by atoms with E-state index in [1.165, 1.54) is 17.5 Å². The summed E-state index contributed by atoms with van der Waals surface area (Å²) >= 11 is 1.51. The standard InChI is InChI=1S/C20H20N4O2S/c1-12-9-23-15(10-22-12)20(26)24-8-7-13(11-24)17-14-5-3-4-6-16(14)27-18(17)19(25)21-2/h3-6,9-10,13H,7-8,11H2,1-2H3,(H,21,25)/t13-/m1/s1. The lowest BCUT2D eigenvalue weighted by atomic mass is 9.95. The summed E-state index contributed by atoms with van der Waals surface area (Å²) in [4.78, 5) is 36.1. The average molecular weight is 380 g/mol. The van der Waals surface area contributed by atoms with Gasteiger partial charge in [0.05, 0.1) is 16.8 Å². The number of amides is 2. The van der Waals surface area contributed by atoms with Crippen molar-refractivity contribution in [2.75, 3.05) is 20.1 Å². The number of thiophene rings is 1. The Morgan fingerprint density at radius 3 is 2.78 bits per heavy atom. The number of aryl methyl sites for hydroxylation is 1. The van der Waals surface area contributed by atoms with Crippen LogP contribution in [0.25, 0.3) is 10.1 Å². The van der Waals surface area contributed by atoms with Crippen molar-refractivity contribution in [3.63, 3.8) is 0 Å². The van der Waals surface area contributed by atoms with Gasteiger partial charge in [-0.2, -0.15) is 0 Å².